The maximum absolute atomic E-state index is 12.4. The Hall–Kier alpha value is -1.21. The molecule has 4 nitrogen and oxygen atoms in total. The third-order valence-corrected chi connectivity index (χ3v) is 5.42. The molecule has 0 aliphatic carbocycles. The molecule has 112 valence electrons. The Balaban J connectivity index is 2.33. The zero-order valence-electron chi connectivity index (χ0n) is 11.2. The van der Waals surface area contributed by atoms with E-state index in [1.54, 1.807) is 30.0 Å². The summed E-state index contributed by atoms with van der Waals surface area (Å²) >= 11 is 7.52. The largest absolute Gasteiger partial charge is 0.392 e. The lowest BCUT2D eigenvalue weighted by Crippen LogP contribution is -2.13. The van der Waals surface area contributed by atoms with Crippen molar-refractivity contribution in [3.8, 4) is 0 Å². The van der Waals surface area contributed by atoms with Gasteiger partial charge >= 0.3 is 0 Å². The van der Waals surface area contributed by atoms with Gasteiger partial charge in [-0.2, -0.15) is 0 Å². The van der Waals surface area contributed by atoms with Gasteiger partial charge in [0.15, 0.2) is 0 Å². The Morgan fingerprint density at radius 2 is 1.86 bits per heavy atom. The standard InChI is InChI=1S/C14H14ClNO3S2/c1-20-12-5-3-11(4-6-12)16-21(18,19)14-8-10(9-17)2-7-13(14)15/h2-8,16-17H,9H2,1H3. The molecule has 0 saturated heterocycles. The summed E-state index contributed by atoms with van der Waals surface area (Å²) in [6, 6.07) is 11.4. The smallest absolute Gasteiger partial charge is 0.263 e. The highest BCUT2D eigenvalue weighted by Crippen LogP contribution is 2.26. The minimum absolute atomic E-state index is 0.0512. The van der Waals surface area contributed by atoms with Crippen molar-refractivity contribution in [2.75, 3.05) is 11.0 Å². The maximum atomic E-state index is 12.4. The first-order chi connectivity index (χ1) is 9.96. The van der Waals surface area contributed by atoms with Crippen molar-refractivity contribution in [2.45, 2.75) is 16.4 Å². The fraction of sp³-hybridized carbons (Fsp3) is 0.143. The Morgan fingerprint density at radius 3 is 2.43 bits per heavy atom. The second-order valence-corrected chi connectivity index (χ2v) is 7.19. The van der Waals surface area contributed by atoms with Crippen LogP contribution in [0.1, 0.15) is 5.56 Å². The maximum Gasteiger partial charge on any atom is 0.263 e. The number of sulfonamides is 1. The van der Waals surface area contributed by atoms with Gasteiger partial charge in [0, 0.05) is 10.6 Å². The van der Waals surface area contributed by atoms with E-state index in [4.69, 9.17) is 16.7 Å². The second-order valence-electron chi connectivity index (χ2n) is 4.26. The van der Waals surface area contributed by atoms with Crippen molar-refractivity contribution in [3.63, 3.8) is 0 Å². The molecule has 7 heteroatoms. The predicted octanol–water partition coefficient (Wildman–Crippen LogP) is 3.36. The average Bonchev–Trinajstić information content (AvgIpc) is 2.48. The molecule has 0 aromatic heterocycles. The predicted molar refractivity (Wildman–Crippen MR) is 86.4 cm³/mol. The lowest BCUT2D eigenvalue weighted by atomic mass is 10.2. The molecule has 21 heavy (non-hydrogen) atoms. The van der Waals surface area contributed by atoms with E-state index in [0.717, 1.165) is 4.90 Å². The van der Waals surface area contributed by atoms with Crippen molar-refractivity contribution in [3.05, 3.63) is 53.1 Å². The number of hydrogen-bond acceptors (Lipinski definition) is 4. The molecule has 2 N–H and O–H groups in total. The summed E-state index contributed by atoms with van der Waals surface area (Å²) in [5.74, 6) is 0. The number of nitrogens with one attached hydrogen (secondary N) is 1. The van der Waals surface area contributed by atoms with Crippen molar-refractivity contribution in [1.82, 2.24) is 0 Å². The first-order valence-electron chi connectivity index (χ1n) is 6.02. The Morgan fingerprint density at radius 1 is 1.19 bits per heavy atom. The summed E-state index contributed by atoms with van der Waals surface area (Å²) < 4.78 is 27.2. The minimum atomic E-state index is -3.80. The molecular weight excluding hydrogens is 330 g/mol. The van der Waals surface area contributed by atoms with Crippen molar-refractivity contribution in [2.24, 2.45) is 0 Å². The zero-order valence-corrected chi connectivity index (χ0v) is 13.6. The van der Waals surface area contributed by atoms with Crippen molar-refractivity contribution in [1.29, 1.82) is 0 Å². The third-order valence-electron chi connectivity index (χ3n) is 2.81. The SMILES string of the molecule is CSc1ccc(NS(=O)(=O)c2cc(CO)ccc2Cl)cc1. The van der Waals surface area contributed by atoms with Crippen LogP contribution in [0.3, 0.4) is 0 Å². The van der Waals surface area contributed by atoms with Crippen LogP contribution in [-0.2, 0) is 16.6 Å². The number of rotatable bonds is 5. The molecule has 2 aromatic rings. The summed E-state index contributed by atoms with van der Waals surface area (Å²) in [7, 11) is -3.80. The average molecular weight is 344 g/mol. The number of aliphatic hydroxyl groups excluding tert-OH is 1. The highest BCUT2D eigenvalue weighted by atomic mass is 35.5. The second kappa shape index (κ2) is 6.70. The monoisotopic (exact) mass is 343 g/mol. The molecule has 0 unspecified atom stereocenters. The summed E-state index contributed by atoms with van der Waals surface area (Å²) in [6.07, 6.45) is 1.94. The van der Waals surface area contributed by atoms with Crippen LogP contribution in [0.15, 0.2) is 52.3 Å². The quantitative estimate of drug-likeness (QED) is 0.817. The molecule has 0 amide bonds. The molecule has 0 atom stereocenters. The van der Waals surface area contributed by atoms with Crippen LogP contribution in [-0.4, -0.2) is 19.8 Å². The van der Waals surface area contributed by atoms with Crippen LogP contribution >= 0.6 is 23.4 Å². The van der Waals surface area contributed by atoms with E-state index < -0.39 is 10.0 Å². The van der Waals surface area contributed by atoms with Gasteiger partial charge in [-0.1, -0.05) is 17.7 Å². The number of aliphatic hydroxyl groups is 1. The molecule has 0 heterocycles. The highest BCUT2D eigenvalue weighted by Gasteiger charge is 2.18. The van der Waals surface area contributed by atoms with E-state index in [9.17, 15) is 8.42 Å². The number of halogens is 1. The minimum Gasteiger partial charge on any atom is -0.392 e. The normalized spacial score (nSPS) is 11.4. The van der Waals surface area contributed by atoms with Crippen LogP contribution in [0.2, 0.25) is 5.02 Å². The molecule has 0 saturated carbocycles. The van der Waals surface area contributed by atoms with Crippen molar-refractivity contribution < 1.29 is 13.5 Å². The first-order valence-corrected chi connectivity index (χ1v) is 9.11. The number of thioether (sulfide) groups is 1. The van der Waals surface area contributed by atoms with Gasteiger partial charge in [-0.25, -0.2) is 8.42 Å². The van der Waals surface area contributed by atoms with Gasteiger partial charge in [0.2, 0.25) is 0 Å². The van der Waals surface area contributed by atoms with Crippen LogP contribution in [0.4, 0.5) is 5.69 Å². The fourth-order valence-electron chi connectivity index (χ4n) is 1.72. The number of benzene rings is 2. The molecule has 0 aliphatic heterocycles. The number of hydrogen-bond donors (Lipinski definition) is 2. The lowest BCUT2D eigenvalue weighted by Gasteiger charge is -2.11. The molecular formula is C14H14ClNO3S2. The molecule has 2 rings (SSSR count). The Labute approximate surface area is 133 Å². The molecule has 0 aliphatic rings. The lowest BCUT2D eigenvalue weighted by molar-refractivity contribution is 0.281. The summed E-state index contributed by atoms with van der Waals surface area (Å²) in [5.41, 5.74) is 0.941. The van der Waals surface area contributed by atoms with Gasteiger partial charge in [0.05, 0.1) is 11.6 Å². The molecule has 0 fully saturated rings. The fourth-order valence-corrected chi connectivity index (χ4v) is 3.74. The van der Waals surface area contributed by atoms with Gasteiger partial charge in [-0.05, 0) is 48.2 Å². The molecule has 0 radical (unpaired) electrons. The van der Waals surface area contributed by atoms with Crippen molar-refractivity contribution >= 4 is 39.1 Å². The van der Waals surface area contributed by atoms with Gasteiger partial charge in [-0.3, -0.25) is 4.72 Å². The summed E-state index contributed by atoms with van der Waals surface area (Å²) in [6.45, 7) is -0.248. The summed E-state index contributed by atoms with van der Waals surface area (Å²) in [5, 5.41) is 9.22. The number of anilines is 1. The Bertz CT molecular complexity index is 730. The van der Waals surface area contributed by atoms with Gasteiger partial charge in [0.25, 0.3) is 10.0 Å². The van der Waals surface area contributed by atoms with Crippen LogP contribution in [0.5, 0.6) is 0 Å². The van der Waals surface area contributed by atoms with Crippen LogP contribution in [0.25, 0.3) is 0 Å². The van der Waals surface area contributed by atoms with E-state index in [2.05, 4.69) is 4.72 Å². The summed E-state index contributed by atoms with van der Waals surface area (Å²) in [4.78, 5) is 0.989. The topological polar surface area (TPSA) is 66.4 Å². The third kappa shape index (κ3) is 3.91. The van der Waals surface area contributed by atoms with E-state index in [0.29, 0.717) is 11.3 Å². The first kappa shape index (κ1) is 16.2. The van der Waals surface area contributed by atoms with E-state index in [1.165, 1.54) is 12.1 Å². The zero-order chi connectivity index (χ0) is 15.5. The van der Waals surface area contributed by atoms with Gasteiger partial charge < -0.3 is 5.11 Å². The van der Waals surface area contributed by atoms with Gasteiger partial charge in [-0.15, -0.1) is 11.8 Å². The van der Waals surface area contributed by atoms with Gasteiger partial charge in [0.1, 0.15) is 4.90 Å². The van der Waals surface area contributed by atoms with E-state index in [-0.39, 0.29) is 16.5 Å². The van der Waals surface area contributed by atoms with E-state index >= 15 is 0 Å². The Kier molecular flexibility index (Phi) is 5.16. The molecule has 0 bridgehead atoms. The molecule has 2 aromatic carbocycles. The van der Waals surface area contributed by atoms with Crippen LogP contribution < -0.4 is 4.72 Å². The highest BCUT2D eigenvalue weighted by molar-refractivity contribution is 7.98. The molecule has 0 spiro atoms. The van der Waals surface area contributed by atoms with Crippen LogP contribution in [0, 0.1) is 0 Å². The van der Waals surface area contributed by atoms with E-state index in [1.807, 2.05) is 18.4 Å².